The second-order valence-corrected chi connectivity index (χ2v) is 6.12. The maximum absolute atomic E-state index is 12.6. The lowest BCUT2D eigenvalue weighted by atomic mass is 9.98. The summed E-state index contributed by atoms with van der Waals surface area (Å²) in [4.78, 5) is 26.1. The summed E-state index contributed by atoms with van der Waals surface area (Å²) < 4.78 is 0.669. The molecule has 3 nitrogen and oxygen atoms in total. The fourth-order valence-electron chi connectivity index (χ4n) is 2.49. The van der Waals surface area contributed by atoms with Gasteiger partial charge in [-0.3, -0.25) is 9.59 Å². The van der Waals surface area contributed by atoms with Gasteiger partial charge in [0.2, 0.25) is 11.8 Å². The summed E-state index contributed by atoms with van der Waals surface area (Å²) in [5.74, 6) is -0.851. The highest BCUT2D eigenvalue weighted by molar-refractivity contribution is 9.10. The minimum atomic E-state index is -0.426. The molecule has 2 aromatic rings. The molecule has 1 aliphatic rings. The van der Waals surface area contributed by atoms with E-state index in [1.807, 2.05) is 30.3 Å². The first-order chi connectivity index (χ1) is 10.1. The van der Waals surface area contributed by atoms with E-state index in [-0.39, 0.29) is 18.2 Å². The summed E-state index contributed by atoms with van der Waals surface area (Å²) >= 11 is 9.34. The molecule has 1 heterocycles. The molecule has 0 radical (unpaired) electrons. The summed E-state index contributed by atoms with van der Waals surface area (Å²) in [6.45, 7) is 0. The van der Waals surface area contributed by atoms with Crippen molar-refractivity contribution in [1.82, 2.24) is 0 Å². The number of hydrogen-bond acceptors (Lipinski definition) is 2. The highest BCUT2D eigenvalue weighted by atomic mass is 79.9. The zero-order valence-electron chi connectivity index (χ0n) is 10.9. The maximum atomic E-state index is 12.6. The van der Waals surface area contributed by atoms with Crippen molar-refractivity contribution in [3.8, 4) is 0 Å². The standard InChI is InChI=1S/C16H11BrClNO2/c17-13-7-6-11(18)8-14(13)19-15(20)9-12(16(19)21)10-4-2-1-3-5-10/h1-8,12H,9H2. The van der Waals surface area contributed by atoms with E-state index >= 15 is 0 Å². The van der Waals surface area contributed by atoms with E-state index in [4.69, 9.17) is 11.6 Å². The normalized spacial score (nSPS) is 18.4. The number of amides is 2. The van der Waals surface area contributed by atoms with Crippen molar-refractivity contribution in [2.45, 2.75) is 12.3 Å². The summed E-state index contributed by atoms with van der Waals surface area (Å²) in [6.07, 6.45) is 0.182. The van der Waals surface area contributed by atoms with Crippen LogP contribution in [0, 0.1) is 0 Å². The fourth-order valence-corrected chi connectivity index (χ4v) is 3.08. The largest absolute Gasteiger partial charge is 0.274 e. The van der Waals surface area contributed by atoms with Crippen LogP contribution < -0.4 is 4.90 Å². The Morgan fingerprint density at radius 3 is 2.52 bits per heavy atom. The summed E-state index contributed by atoms with van der Waals surface area (Å²) in [7, 11) is 0. The topological polar surface area (TPSA) is 37.4 Å². The number of carbonyl (C=O) groups is 2. The van der Waals surface area contributed by atoms with Crippen LogP contribution in [-0.2, 0) is 9.59 Å². The van der Waals surface area contributed by atoms with E-state index in [1.54, 1.807) is 18.2 Å². The van der Waals surface area contributed by atoms with E-state index in [9.17, 15) is 9.59 Å². The van der Waals surface area contributed by atoms with Crippen molar-refractivity contribution in [2.24, 2.45) is 0 Å². The van der Waals surface area contributed by atoms with Gasteiger partial charge in [-0.2, -0.15) is 0 Å². The number of nitrogens with zero attached hydrogens (tertiary/aromatic N) is 1. The Morgan fingerprint density at radius 2 is 1.81 bits per heavy atom. The molecule has 5 heteroatoms. The average Bonchev–Trinajstić information content (AvgIpc) is 2.78. The number of hydrogen-bond donors (Lipinski definition) is 0. The van der Waals surface area contributed by atoms with E-state index in [0.717, 1.165) is 5.56 Å². The molecule has 1 atom stereocenters. The predicted molar refractivity (Wildman–Crippen MR) is 85.4 cm³/mol. The van der Waals surface area contributed by atoms with E-state index < -0.39 is 5.92 Å². The van der Waals surface area contributed by atoms with Gasteiger partial charge < -0.3 is 0 Å². The first-order valence-corrected chi connectivity index (χ1v) is 7.62. The molecule has 2 aromatic carbocycles. The number of benzene rings is 2. The fraction of sp³-hybridized carbons (Fsp3) is 0.125. The minimum Gasteiger partial charge on any atom is -0.274 e. The molecular weight excluding hydrogens is 354 g/mol. The Bertz CT molecular complexity index is 717. The summed E-state index contributed by atoms with van der Waals surface area (Å²) in [5, 5.41) is 0.483. The highest BCUT2D eigenvalue weighted by Gasteiger charge is 2.40. The number of imide groups is 1. The van der Waals surface area contributed by atoms with Crippen molar-refractivity contribution in [3.05, 3.63) is 63.6 Å². The smallest absolute Gasteiger partial charge is 0.241 e. The first kappa shape index (κ1) is 14.3. The van der Waals surface area contributed by atoms with Gasteiger partial charge in [0.25, 0.3) is 0 Å². The number of anilines is 1. The first-order valence-electron chi connectivity index (χ1n) is 6.44. The Labute approximate surface area is 135 Å². The second-order valence-electron chi connectivity index (χ2n) is 4.83. The second kappa shape index (κ2) is 5.62. The van der Waals surface area contributed by atoms with E-state index in [2.05, 4.69) is 15.9 Å². The molecule has 1 fully saturated rings. The molecule has 3 rings (SSSR count). The maximum Gasteiger partial charge on any atom is 0.241 e. The molecule has 2 amide bonds. The van der Waals surface area contributed by atoms with Crippen molar-refractivity contribution in [1.29, 1.82) is 0 Å². The van der Waals surface area contributed by atoms with Gasteiger partial charge in [0, 0.05) is 15.9 Å². The summed E-state index contributed by atoms with van der Waals surface area (Å²) in [6, 6.07) is 14.4. The van der Waals surface area contributed by atoms with Crippen molar-refractivity contribution in [2.75, 3.05) is 4.90 Å². The Balaban J connectivity index is 2.00. The zero-order valence-corrected chi connectivity index (χ0v) is 13.3. The molecule has 1 saturated heterocycles. The van der Waals surface area contributed by atoms with Gasteiger partial charge in [0.1, 0.15) is 0 Å². The molecule has 21 heavy (non-hydrogen) atoms. The molecule has 0 aromatic heterocycles. The van der Waals surface area contributed by atoms with Gasteiger partial charge in [-0.15, -0.1) is 0 Å². The SMILES string of the molecule is O=C1CC(c2ccccc2)C(=O)N1c1cc(Cl)ccc1Br. The van der Waals surface area contributed by atoms with Crippen LogP contribution in [0.2, 0.25) is 5.02 Å². The van der Waals surface area contributed by atoms with Crippen LogP contribution in [0.4, 0.5) is 5.69 Å². The number of halogens is 2. The van der Waals surface area contributed by atoms with Gasteiger partial charge in [0.15, 0.2) is 0 Å². The van der Waals surface area contributed by atoms with Crippen LogP contribution in [0.3, 0.4) is 0 Å². The lowest BCUT2D eigenvalue weighted by Crippen LogP contribution is -2.30. The monoisotopic (exact) mass is 363 g/mol. The molecule has 1 unspecified atom stereocenters. The highest BCUT2D eigenvalue weighted by Crippen LogP contribution is 2.37. The summed E-state index contributed by atoms with van der Waals surface area (Å²) in [5.41, 5.74) is 1.35. The third-order valence-electron chi connectivity index (χ3n) is 3.50. The van der Waals surface area contributed by atoms with Crippen LogP contribution >= 0.6 is 27.5 Å². The van der Waals surface area contributed by atoms with Gasteiger partial charge in [-0.25, -0.2) is 4.90 Å². The zero-order chi connectivity index (χ0) is 15.0. The molecule has 106 valence electrons. The van der Waals surface area contributed by atoms with Gasteiger partial charge in [-0.1, -0.05) is 41.9 Å². The third-order valence-corrected chi connectivity index (χ3v) is 4.40. The van der Waals surface area contributed by atoms with Crippen molar-refractivity contribution < 1.29 is 9.59 Å². The van der Waals surface area contributed by atoms with Crippen LogP contribution in [0.25, 0.3) is 0 Å². The third kappa shape index (κ3) is 2.61. The van der Waals surface area contributed by atoms with Crippen LogP contribution in [0.15, 0.2) is 53.0 Å². The molecule has 0 saturated carbocycles. The predicted octanol–water partition coefficient (Wildman–Crippen LogP) is 4.15. The molecular formula is C16H11BrClNO2. The molecule has 1 aliphatic heterocycles. The van der Waals surface area contributed by atoms with Crippen molar-refractivity contribution in [3.63, 3.8) is 0 Å². The van der Waals surface area contributed by atoms with Crippen LogP contribution in [-0.4, -0.2) is 11.8 Å². The van der Waals surface area contributed by atoms with Gasteiger partial charge >= 0.3 is 0 Å². The average molecular weight is 365 g/mol. The Hall–Kier alpha value is -1.65. The van der Waals surface area contributed by atoms with Crippen molar-refractivity contribution >= 4 is 45.0 Å². The molecule has 0 N–H and O–H groups in total. The minimum absolute atomic E-state index is 0.182. The number of carbonyl (C=O) groups excluding carboxylic acids is 2. The molecule has 0 spiro atoms. The lowest BCUT2D eigenvalue weighted by Gasteiger charge is -2.17. The van der Waals surface area contributed by atoms with E-state index in [0.29, 0.717) is 15.2 Å². The quantitative estimate of drug-likeness (QED) is 0.751. The Morgan fingerprint density at radius 1 is 1.10 bits per heavy atom. The van der Waals surface area contributed by atoms with Crippen LogP contribution in [0.1, 0.15) is 17.9 Å². The number of rotatable bonds is 2. The molecule has 0 aliphatic carbocycles. The molecule has 0 bridgehead atoms. The van der Waals surface area contributed by atoms with Crippen LogP contribution in [0.5, 0.6) is 0 Å². The van der Waals surface area contributed by atoms with E-state index in [1.165, 1.54) is 4.90 Å². The Kier molecular flexibility index (Phi) is 3.83. The van der Waals surface area contributed by atoms with Gasteiger partial charge in [0.05, 0.1) is 11.6 Å². The van der Waals surface area contributed by atoms with Gasteiger partial charge in [-0.05, 0) is 39.7 Å². The lowest BCUT2D eigenvalue weighted by molar-refractivity contribution is -0.121.